The molecule has 1 aromatic carbocycles. The minimum atomic E-state index is -3.46. The summed E-state index contributed by atoms with van der Waals surface area (Å²) in [5.74, 6) is -0.559. The van der Waals surface area contributed by atoms with Crippen LogP contribution in [0, 0.1) is 6.92 Å². The molecule has 2 fully saturated rings. The van der Waals surface area contributed by atoms with Gasteiger partial charge in [-0.25, -0.2) is 8.42 Å². The number of nitrogens with zero attached hydrogens (tertiary/aromatic N) is 2. The number of piperidine rings is 1. The summed E-state index contributed by atoms with van der Waals surface area (Å²) in [5, 5.41) is 0. The predicted molar refractivity (Wildman–Crippen MR) is 98.4 cm³/mol. The van der Waals surface area contributed by atoms with Crippen LogP contribution in [0.25, 0.3) is 0 Å². The van der Waals surface area contributed by atoms with E-state index in [1.54, 1.807) is 11.0 Å². The molecule has 3 rings (SSSR count). The van der Waals surface area contributed by atoms with Crippen LogP contribution in [0.15, 0.2) is 24.3 Å². The number of ether oxygens (including phenoxy) is 2. The first-order chi connectivity index (χ1) is 12.3. The number of amides is 1. The highest BCUT2D eigenvalue weighted by Crippen LogP contribution is 2.31. The number of rotatable bonds is 5. The van der Waals surface area contributed by atoms with Gasteiger partial charge in [0.1, 0.15) is 0 Å². The minimum absolute atomic E-state index is 0.0425. The maximum atomic E-state index is 12.6. The van der Waals surface area contributed by atoms with E-state index in [1.165, 1.54) is 10.6 Å². The van der Waals surface area contributed by atoms with Crippen molar-refractivity contribution in [2.45, 2.75) is 32.0 Å². The average molecular weight is 382 g/mol. The van der Waals surface area contributed by atoms with E-state index in [1.807, 2.05) is 25.1 Å². The molecule has 2 aliphatic heterocycles. The molecule has 2 heterocycles. The molecule has 0 aliphatic carbocycles. The number of aryl methyl sites for hydroxylation is 1. The second kappa shape index (κ2) is 7.54. The molecule has 0 N–H and O–H groups in total. The summed E-state index contributed by atoms with van der Waals surface area (Å²) >= 11 is 0. The normalized spacial score (nSPS) is 19.7. The van der Waals surface area contributed by atoms with Crippen molar-refractivity contribution in [1.29, 1.82) is 0 Å². The van der Waals surface area contributed by atoms with Gasteiger partial charge in [-0.05, 0) is 24.6 Å². The Bertz CT molecular complexity index is 749. The summed E-state index contributed by atoms with van der Waals surface area (Å²) in [6.07, 6.45) is 2.63. The molecule has 2 saturated heterocycles. The number of benzene rings is 1. The predicted octanol–water partition coefficient (Wildman–Crippen LogP) is 1.52. The summed E-state index contributed by atoms with van der Waals surface area (Å²) < 4.78 is 37.0. The maximum Gasteiger partial charge on any atom is 0.232 e. The molecule has 0 unspecified atom stereocenters. The maximum absolute atomic E-state index is 12.6. The monoisotopic (exact) mass is 382 g/mol. The standard InChI is InChI=1S/C18H26N2O5S/c1-15-4-3-5-16(14-15)20(26(2,22)23)9-6-17(21)19-10-7-18(8-11-19)24-12-13-25-18/h3-5,14H,6-13H2,1-2H3. The Balaban J connectivity index is 1.60. The average Bonchev–Trinajstić information content (AvgIpc) is 3.02. The lowest BCUT2D eigenvalue weighted by Crippen LogP contribution is -2.48. The van der Waals surface area contributed by atoms with Crippen LogP contribution in [-0.2, 0) is 24.3 Å². The Morgan fingerprint density at radius 1 is 1.23 bits per heavy atom. The van der Waals surface area contributed by atoms with Gasteiger partial charge in [0, 0.05) is 38.9 Å². The molecule has 26 heavy (non-hydrogen) atoms. The summed E-state index contributed by atoms with van der Waals surface area (Å²) in [6.45, 7) is 4.40. The van der Waals surface area contributed by atoms with Crippen molar-refractivity contribution in [3.8, 4) is 0 Å². The Morgan fingerprint density at radius 3 is 2.46 bits per heavy atom. The minimum Gasteiger partial charge on any atom is -0.347 e. The Hall–Kier alpha value is -1.64. The van der Waals surface area contributed by atoms with E-state index in [-0.39, 0.29) is 18.9 Å². The second-order valence-electron chi connectivity index (χ2n) is 6.91. The van der Waals surface area contributed by atoms with Gasteiger partial charge in [-0.1, -0.05) is 12.1 Å². The lowest BCUT2D eigenvalue weighted by atomic mass is 10.0. The Labute approximate surface area is 154 Å². The Kier molecular flexibility index (Phi) is 5.55. The smallest absolute Gasteiger partial charge is 0.232 e. The Morgan fingerprint density at radius 2 is 1.88 bits per heavy atom. The van der Waals surface area contributed by atoms with Gasteiger partial charge in [0.15, 0.2) is 5.79 Å². The van der Waals surface area contributed by atoms with Crippen LogP contribution < -0.4 is 4.31 Å². The lowest BCUT2D eigenvalue weighted by Gasteiger charge is -2.37. The van der Waals surface area contributed by atoms with Crippen molar-refractivity contribution in [1.82, 2.24) is 4.90 Å². The zero-order chi connectivity index (χ0) is 18.8. The van der Waals surface area contributed by atoms with E-state index in [9.17, 15) is 13.2 Å². The van der Waals surface area contributed by atoms with Gasteiger partial charge in [0.05, 0.1) is 25.2 Å². The molecule has 1 spiro atoms. The first-order valence-electron chi connectivity index (χ1n) is 8.89. The molecule has 0 saturated carbocycles. The number of hydrogen-bond acceptors (Lipinski definition) is 5. The first-order valence-corrected chi connectivity index (χ1v) is 10.7. The van der Waals surface area contributed by atoms with Crippen LogP contribution in [-0.4, -0.2) is 64.1 Å². The lowest BCUT2D eigenvalue weighted by molar-refractivity contribution is -0.187. The van der Waals surface area contributed by atoms with Gasteiger partial charge in [-0.2, -0.15) is 0 Å². The van der Waals surface area contributed by atoms with Gasteiger partial charge in [0.2, 0.25) is 15.9 Å². The van der Waals surface area contributed by atoms with Crippen LogP contribution in [0.4, 0.5) is 5.69 Å². The first kappa shape index (κ1) is 19.1. The van der Waals surface area contributed by atoms with Crippen LogP contribution >= 0.6 is 0 Å². The molecule has 0 radical (unpaired) electrons. The van der Waals surface area contributed by atoms with Crippen molar-refractivity contribution < 1.29 is 22.7 Å². The number of anilines is 1. The molecule has 7 nitrogen and oxygen atoms in total. The summed E-state index contributed by atoms with van der Waals surface area (Å²) in [4.78, 5) is 14.3. The van der Waals surface area contributed by atoms with Crippen molar-refractivity contribution >= 4 is 21.6 Å². The molecule has 1 amide bonds. The van der Waals surface area contributed by atoms with Gasteiger partial charge >= 0.3 is 0 Å². The van der Waals surface area contributed by atoms with E-state index < -0.39 is 15.8 Å². The second-order valence-corrected chi connectivity index (χ2v) is 8.82. The quantitative estimate of drug-likeness (QED) is 0.772. The van der Waals surface area contributed by atoms with E-state index in [2.05, 4.69) is 0 Å². The molecular weight excluding hydrogens is 356 g/mol. The summed E-state index contributed by atoms with van der Waals surface area (Å²) in [6, 6.07) is 7.28. The fraction of sp³-hybridized carbons (Fsp3) is 0.611. The van der Waals surface area contributed by atoms with Crippen molar-refractivity contribution in [3.05, 3.63) is 29.8 Å². The SMILES string of the molecule is Cc1cccc(N(CCC(=O)N2CCC3(CC2)OCCO3)S(C)(=O)=O)c1. The largest absolute Gasteiger partial charge is 0.347 e. The molecule has 1 aromatic rings. The van der Waals surface area contributed by atoms with Crippen molar-refractivity contribution in [2.24, 2.45) is 0 Å². The number of sulfonamides is 1. The van der Waals surface area contributed by atoms with Gasteiger partial charge in [-0.15, -0.1) is 0 Å². The van der Waals surface area contributed by atoms with Gasteiger partial charge < -0.3 is 14.4 Å². The molecule has 0 bridgehead atoms. The van der Waals surface area contributed by atoms with E-state index in [0.717, 1.165) is 5.56 Å². The molecule has 0 aromatic heterocycles. The third kappa shape index (κ3) is 4.36. The van der Waals surface area contributed by atoms with Gasteiger partial charge in [0.25, 0.3) is 0 Å². The molecule has 2 aliphatic rings. The fourth-order valence-electron chi connectivity index (χ4n) is 3.51. The van der Waals surface area contributed by atoms with Gasteiger partial charge in [-0.3, -0.25) is 9.10 Å². The third-order valence-electron chi connectivity index (χ3n) is 4.91. The topological polar surface area (TPSA) is 76.2 Å². The number of hydrogen-bond donors (Lipinski definition) is 0. The third-order valence-corrected chi connectivity index (χ3v) is 6.10. The highest BCUT2D eigenvalue weighted by Gasteiger charge is 2.40. The number of carbonyl (C=O) groups is 1. The summed E-state index contributed by atoms with van der Waals surface area (Å²) in [7, 11) is -3.46. The van der Waals surface area contributed by atoms with Crippen molar-refractivity contribution in [2.75, 3.05) is 43.4 Å². The molecule has 144 valence electrons. The fourth-order valence-corrected chi connectivity index (χ4v) is 4.43. The number of carbonyl (C=O) groups excluding carboxylic acids is 1. The van der Waals surface area contributed by atoms with E-state index in [4.69, 9.17) is 9.47 Å². The van der Waals surface area contributed by atoms with E-state index in [0.29, 0.717) is 44.8 Å². The summed E-state index contributed by atoms with van der Waals surface area (Å²) in [5.41, 5.74) is 1.56. The van der Waals surface area contributed by atoms with Crippen LogP contribution in [0.1, 0.15) is 24.8 Å². The molecule has 8 heteroatoms. The van der Waals surface area contributed by atoms with E-state index >= 15 is 0 Å². The number of likely N-dealkylation sites (tertiary alicyclic amines) is 1. The van der Waals surface area contributed by atoms with Crippen LogP contribution in [0.5, 0.6) is 0 Å². The van der Waals surface area contributed by atoms with Crippen molar-refractivity contribution in [3.63, 3.8) is 0 Å². The molecule has 0 atom stereocenters. The van der Waals surface area contributed by atoms with Crippen LogP contribution in [0.3, 0.4) is 0 Å². The zero-order valence-electron chi connectivity index (χ0n) is 15.3. The van der Waals surface area contributed by atoms with Crippen LogP contribution in [0.2, 0.25) is 0 Å². The highest BCUT2D eigenvalue weighted by atomic mass is 32.2. The molecular formula is C18H26N2O5S. The highest BCUT2D eigenvalue weighted by molar-refractivity contribution is 7.92. The zero-order valence-corrected chi connectivity index (χ0v) is 16.1.